The number of rotatable bonds is 8. The molecule has 9 heteroatoms. The standard InChI is InChI=1S/C18H30N4O4S/c1-5-21(6-2)27(25,26)16-7-8-17(18(13-16)22(23)24)20-11-9-15(10-12-20)19-14(3)4/h7-8,13-15,19H,5-6,9-12H2,1-4H3. The molecule has 0 aromatic heterocycles. The smallest absolute Gasteiger partial charge is 0.293 e. The molecule has 0 amide bonds. The Morgan fingerprint density at radius 2 is 1.85 bits per heavy atom. The van der Waals surface area contributed by atoms with Crippen LogP contribution in [-0.4, -0.2) is 55.9 Å². The summed E-state index contributed by atoms with van der Waals surface area (Å²) in [5.74, 6) is 0. The van der Waals surface area contributed by atoms with Crippen molar-refractivity contribution in [2.75, 3.05) is 31.1 Å². The summed E-state index contributed by atoms with van der Waals surface area (Å²) in [6.07, 6.45) is 1.80. The maximum Gasteiger partial charge on any atom is 0.293 e. The first kappa shape index (κ1) is 21.6. The van der Waals surface area contributed by atoms with Crippen molar-refractivity contribution in [3.8, 4) is 0 Å². The second-order valence-electron chi connectivity index (χ2n) is 7.08. The lowest BCUT2D eigenvalue weighted by Gasteiger charge is -2.34. The molecule has 0 radical (unpaired) electrons. The molecule has 1 saturated heterocycles. The number of anilines is 1. The van der Waals surface area contributed by atoms with Crippen molar-refractivity contribution in [3.05, 3.63) is 28.3 Å². The summed E-state index contributed by atoms with van der Waals surface area (Å²) in [6, 6.07) is 5.06. The fraction of sp³-hybridized carbons (Fsp3) is 0.667. The minimum Gasteiger partial charge on any atom is -0.366 e. The van der Waals surface area contributed by atoms with Gasteiger partial charge in [-0.05, 0) is 25.0 Å². The Morgan fingerprint density at radius 3 is 2.33 bits per heavy atom. The third kappa shape index (κ3) is 4.97. The van der Waals surface area contributed by atoms with Gasteiger partial charge in [-0.15, -0.1) is 0 Å². The lowest BCUT2D eigenvalue weighted by Crippen LogP contribution is -2.44. The van der Waals surface area contributed by atoms with Gasteiger partial charge in [0.1, 0.15) is 5.69 Å². The molecule has 0 bridgehead atoms. The van der Waals surface area contributed by atoms with Gasteiger partial charge >= 0.3 is 0 Å². The van der Waals surface area contributed by atoms with Crippen molar-refractivity contribution in [1.82, 2.24) is 9.62 Å². The van der Waals surface area contributed by atoms with Crippen molar-refractivity contribution < 1.29 is 13.3 Å². The largest absolute Gasteiger partial charge is 0.366 e. The highest BCUT2D eigenvalue weighted by Gasteiger charge is 2.29. The van der Waals surface area contributed by atoms with Crippen LogP contribution >= 0.6 is 0 Å². The monoisotopic (exact) mass is 398 g/mol. The van der Waals surface area contributed by atoms with Crippen molar-refractivity contribution in [3.63, 3.8) is 0 Å². The van der Waals surface area contributed by atoms with Crippen LogP contribution in [0.4, 0.5) is 11.4 Å². The van der Waals surface area contributed by atoms with Gasteiger partial charge in [0.05, 0.1) is 9.82 Å². The molecule has 152 valence electrons. The summed E-state index contributed by atoms with van der Waals surface area (Å²) < 4.78 is 26.7. The molecule has 0 unspecified atom stereocenters. The Bertz CT molecular complexity index is 755. The minimum absolute atomic E-state index is 0.0296. The molecule has 1 heterocycles. The SMILES string of the molecule is CCN(CC)S(=O)(=O)c1ccc(N2CCC(NC(C)C)CC2)c([N+](=O)[O-])c1. The Morgan fingerprint density at radius 1 is 1.26 bits per heavy atom. The normalized spacial score (nSPS) is 16.3. The number of hydrogen-bond donors (Lipinski definition) is 1. The van der Waals surface area contributed by atoms with Gasteiger partial charge in [0.2, 0.25) is 10.0 Å². The molecule has 1 aliphatic heterocycles. The van der Waals surface area contributed by atoms with Crippen LogP contribution in [0.25, 0.3) is 0 Å². The maximum absolute atomic E-state index is 12.7. The fourth-order valence-corrected chi connectivity index (χ4v) is 5.03. The molecular weight excluding hydrogens is 368 g/mol. The zero-order valence-electron chi connectivity index (χ0n) is 16.5. The number of benzene rings is 1. The molecule has 27 heavy (non-hydrogen) atoms. The van der Waals surface area contributed by atoms with E-state index in [1.807, 2.05) is 4.90 Å². The van der Waals surface area contributed by atoms with Gasteiger partial charge in [0.25, 0.3) is 5.69 Å². The van der Waals surface area contributed by atoms with Crippen LogP contribution < -0.4 is 10.2 Å². The van der Waals surface area contributed by atoms with Crippen LogP contribution in [0.5, 0.6) is 0 Å². The van der Waals surface area contributed by atoms with Crippen LogP contribution in [0.1, 0.15) is 40.5 Å². The number of nitrogens with zero attached hydrogens (tertiary/aromatic N) is 3. The van der Waals surface area contributed by atoms with Crippen LogP contribution in [0.3, 0.4) is 0 Å². The zero-order valence-corrected chi connectivity index (χ0v) is 17.3. The van der Waals surface area contributed by atoms with E-state index in [1.54, 1.807) is 19.9 Å². The first-order valence-electron chi connectivity index (χ1n) is 9.50. The number of nitrogens with one attached hydrogen (secondary N) is 1. The van der Waals surface area contributed by atoms with Crippen molar-refractivity contribution in [1.29, 1.82) is 0 Å². The Hall–Kier alpha value is -1.71. The summed E-state index contributed by atoms with van der Waals surface area (Å²) >= 11 is 0. The van der Waals surface area contributed by atoms with E-state index in [-0.39, 0.29) is 10.6 Å². The highest BCUT2D eigenvalue weighted by Crippen LogP contribution is 2.33. The molecule has 1 N–H and O–H groups in total. The third-order valence-electron chi connectivity index (χ3n) is 4.89. The van der Waals surface area contributed by atoms with E-state index in [0.717, 1.165) is 12.8 Å². The van der Waals surface area contributed by atoms with Crippen LogP contribution in [-0.2, 0) is 10.0 Å². The van der Waals surface area contributed by atoms with E-state index in [1.165, 1.54) is 16.4 Å². The predicted octanol–water partition coefficient (Wildman–Crippen LogP) is 2.59. The summed E-state index contributed by atoms with van der Waals surface area (Å²) in [6.45, 7) is 9.76. The lowest BCUT2D eigenvalue weighted by atomic mass is 10.0. The quantitative estimate of drug-likeness (QED) is 0.534. The average molecular weight is 399 g/mol. The van der Waals surface area contributed by atoms with E-state index in [2.05, 4.69) is 19.2 Å². The molecule has 1 aromatic carbocycles. The Kier molecular flexibility index (Phi) is 7.19. The first-order chi connectivity index (χ1) is 12.7. The summed E-state index contributed by atoms with van der Waals surface area (Å²) in [7, 11) is -3.73. The van der Waals surface area contributed by atoms with E-state index < -0.39 is 14.9 Å². The van der Waals surface area contributed by atoms with E-state index in [0.29, 0.717) is 44.0 Å². The molecule has 0 atom stereocenters. The number of piperidine rings is 1. The predicted molar refractivity (Wildman–Crippen MR) is 107 cm³/mol. The minimum atomic E-state index is -3.73. The van der Waals surface area contributed by atoms with Gasteiger partial charge in [0.15, 0.2) is 0 Å². The molecule has 2 rings (SSSR count). The molecule has 1 fully saturated rings. The second kappa shape index (κ2) is 8.99. The molecular formula is C18H30N4O4S. The Labute approximate surface area is 161 Å². The van der Waals surface area contributed by atoms with Gasteiger partial charge in [0, 0.05) is 44.3 Å². The Balaban J connectivity index is 2.28. The fourth-order valence-electron chi connectivity index (χ4n) is 3.55. The van der Waals surface area contributed by atoms with Gasteiger partial charge < -0.3 is 10.2 Å². The van der Waals surface area contributed by atoms with Crippen LogP contribution in [0.2, 0.25) is 0 Å². The summed E-state index contributed by atoms with van der Waals surface area (Å²) in [5, 5.41) is 15.1. The molecule has 1 aliphatic rings. The van der Waals surface area contributed by atoms with Crippen LogP contribution in [0.15, 0.2) is 23.1 Å². The average Bonchev–Trinajstić information content (AvgIpc) is 2.62. The highest BCUT2D eigenvalue weighted by atomic mass is 32.2. The zero-order chi connectivity index (χ0) is 20.2. The van der Waals surface area contributed by atoms with E-state index in [4.69, 9.17) is 0 Å². The van der Waals surface area contributed by atoms with Gasteiger partial charge in [-0.25, -0.2) is 8.42 Å². The summed E-state index contributed by atoms with van der Waals surface area (Å²) in [5.41, 5.74) is 0.333. The molecule has 0 spiro atoms. The number of nitro benzene ring substituents is 1. The molecule has 1 aromatic rings. The molecule has 0 aliphatic carbocycles. The van der Waals surface area contributed by atoms with Gasteiger partial charge in [-0.2, -0.15) is 4.31 Å². The second-order valence-corrected chi connectivity index (χ2v) is 9.02. The first-order valence-corrected chi connectivity index (χ1v) is 10.9. The van der Waals surface area contributed by atoms with Gasteiger partial charge in [-0.1, -0.05) is 27.7 Å². The highest BCUT2D eigenvalue weighted by molar-refractivity contribution is 7.89. The molecule has 0 saturated carbocycles. The van der Waals surface area contributed by atoms with Gasteiger partial charge in [-0.3, -0.25) is 10.1 Å². The maximum atomic E-state index is 12.7. The number of sulfonamides is 1. The summed E-state index contributed by atoms with van der Waals surface area (Å²) in [4.78, 5) is 13.1. The van der Waals surface area contributed by atoms with Crippen molar-refractivity contribution in [2.24, 2.45) is 0 Å². The van der Waals surface area contributed by atoms with E-state index >= 15 is 0 Å². The lowest BCUT2D eigenvalue weighted by molar-refractivity contribution is -0.384. The number of hydrogen-bond acceptors (Lipinski definition) is 6. The molecule has 8 nitrogen and oxygen atoms in total. The number of nitro groups is 1. The van der Waals surface area contributed by atoms with Crippen LogP contribution in [0, 0.1) is 10.1 Å². The third-order valence-corrected chi connectivity index (χ3v) is 6.94. The van der Waals surface area contributed by atoms with Crippen molar-refractivity contribution in [2.45, 2.75) is 57.5 Å². The topological polar surface area (TPSA) is 95.8 Å². The van der Waals surface area contributed by atoms with E-state index in [9.17, 15) is 18.5 Å². The van der Waals surface area contributed by atoms with Crippen molar-refractivity contribution >= 4 is 21.4 Å².